The lowest BCUT2D eigenvalue weighted by Gasteiger charge is -2.12. The van der Waals surface area contributed by atoms with Gasteiger partial charge >= 0.3 is 11.7 Å². The Morgan fingerprint density at radius 1 is 1.28 bits per heavy atom. The van der Waals surface area contributed by atoms with Gasteiger partial charge in [-0.25, -0.2) is 9.59 Å². The van der Waals surface area contributed by atoms with Crippen molar-refractivity contribution in [1.29, 1.82) is 0 Å². The van der Waals surface area contributed by atoms with Crippen molar-refractivity contribution in [1.82, 2.24) is 5.32 Å². The number of aryl methyl sites for hydroxylation is 1. The van der Waals surface area contributed by atoms with Crippen molar-refractivity contribution in [2.24, 2.45) is 11.5 Å². The maximum atomic E-state index is 12.1. The average molecular weight is 413 g/mol. The van der Waals surface area contributed by atoms with Crippen molar-refractivity contribution < 1.29 is 14.0 Å². The Morgan fingerprint density at radius 2 is 2.00 bits per heavy atom. The number of amides is 3. The molecular formula is C16H21BrN4O4. The molecule has 9 heteroatoms. The van der Waals surface area contributed by atoms with Crippen molar-refractivity contribution in [2.45, 2.75) is 25.8 Å². The van der Waals surface area contributed by atoms with Gasteiger partial charge in [0.15, 0.2) is 0 Å². The SMILES string of the molecule is Br.Cc1cc(=O)oc2cc(NC(=O)[C@@H](N)CCCNC(N)=O)ccc12. The largest absolute Gasteiger partial charge is 0.423 e. The molecule has 136 valence electrons. The predicted octanol–water partition coefficient (Wildman–Crippen LogP) is 1.39. The number of nitrogens with one attached hydrogen (secondary N) is 2. The van der Waals surface area contributed by atoms with Crippen molar-refractivity contribution in [3.63, 3.8) is 0 Å². The van der Waals surface area contributed by atoms with Crippen LogP contribution >= 0.6 is 17.0 Å². The third kappa shape index (κ3) is 5.87. The number of carbonyl (C=O) groups is 2. The van der Waals surface area contributed by atoms with E-state index in [9.17, 15) is 14.4 Å². The van der Waals surface area contributed by atoms with Crippen LogP contribution < -0.4 is 27.7 Å². The van der Waals surface area contributed by atoms with Crippen LogP contribution in [0.25, 0.3) is 11.0 Å². The third-order valence-corrected chi connectivity index (χ3v) is 3.55. The molecule has 0 aliphatic heterocycles. The summed E-state index contributed by atoms with van der Waals surface area (Å²) in [7, 11) is 0. The standard InChI is InChI=1S/C16H20N4O4.BrH/c1-9-7-14(21)24-13-8-10(4-5-11(9)13)20-15(22)12(17)3-2-6-19-16(18)23;/h4-5,7-8,12H,2-3,6,17H2,1H3,(H,20,22)(H3,18,19,23);1H/t12-;/m0./s1. The number of fused-ring (bicyclic) bond motifs is 1. The topological polar surface area (TPSA) is 140 Å². The van der Waals surface area contributed by atoms with E-state index < -0.39 is 17.7 Å². The molecule has 3 amide bonds. The van der Waals surface area contributed by atoms with E-state index in [1.807, 2.05) is 6.92 Å². The molecule has 1 aromatic heterocycles. The van der Waals surface area contributed by atoms with Crippen LogP contribution in [0, 0.1) is 6.92 Å². The quantitative estimate of drug-likeness (QED) is 0.419. The molecule has 1 aromatic carbocycles. The molecule has 6 N–H and O–H groups in total. The van der Waals surface area contributed by atoms with E-state index in [1.54, 1.807) is 18.2 Å². The fraction of sp³-hybridized carbons (Fsp3) is 0.312. The van der Waals surface area contributed by atoms with Crippen LogP contribution in [0.4, 0.5) is 10.5 Å². The summed E-state index contributed by atoms with van der Waals surface area (Å²) in [5, 5.41) is 5.91. The molecule has 0 aliphatic carbocycles. The number of nitrogens with two attached hydrogens (primary N) is 2. The number of primary amides is 1. The summed E-state index contributed by atoms with van der Waals surface area (Å²) in [5.41, 5.74) is 12.0. The van der Waals surface area contributed by atoms with Gasteiger partial charge in [-0.1, -0.05) is 0 Å². The first-order chi connectivity index (χ1) is 11.4. The summed E-state index contributed by atoms with van der Waals surface area (Å²) in [4.78, 5) is 34.0. The fourth-order valence-electron chi connectivity index (χ4n) is 2.30. The van der Waals surface area contributed by atoms with Crippen molar-refractivity contribution in [3.8, 4) is 0 Å². The first kappa shape index (κ1) is 20.7. The summed E-state index contributed by atoms with van der Waals surface area (Å²) in [6.07, 6.45) is 0.928. The second-order valence-corrected chi connectivity index (χ2v) is 5.49. The molecule has 0 radical (unpaired) electrons. The Balaban J connectivity index is 0.00000312. The van der Waals surface area contributed by atoms with Crippen LogP contribution in [-0.4, -0.2) is 24.5 Å². The number of rotatable bonds is 6. The zero-order chi connectivity index (χ0) is 17.7. The lowest BCUT2D eigenvalue weighted by atomic mass is 10.1. The molecule has 0 bridgehead atoms. The Labute approximate surface area is 154 Å². The highest BCUT2D eigenvalue weighted by atomic mass is 79.9. The molecule has 0 fully saturated rings. The Bertz CT molecular complexity index is 821. The normalized spacial score (nSPS) is 11.4. The molecule has 8 nitrogen and oxygen atoms in total. The van der Waals surface area contributed by atoms with E-state index in [4.69, 9.17) is 15.9 Å². The Kier molecular flexibility index (Phi) is 7.59. The molecule has 0 saturated carbocycles. The van der Waals surface area contributed by atoms with Gasteiger partial charge in [-0.15, -0.1) is 17.0 Å². The van der Waals surface area contributed by atoms with Crippen LogP contribution in [0.5, 0.6) is 0 Å². The first-order valence-corrected chi connectivity index (χ1v) is 7.51. The number of anilines is 1. The number of hydrogen-bond acceptors (Lipinski definition) is 5. The van der Waals surface area contributed by atoms with E-state index in [0.29, 0.717) is 30.7 Å². The van der Waals surface area contributed by atoms with Crippen LogP contribution in [0.15, 0.2) is 33.5 Å². The van der Waals surface area contributed by atoms with Gasteiger partial charge in [0.05, 0.1) is 6.04 Å². The van der Waals surface area contributed by atoms with E-state index in [0.717, 1.165) is 10.9 Å². The lowest BCUT2D eigenvalue weighted by molar-refractivity contribution is -0.117. The minimum absolute atomic E-state index is 0. The number of carbonyl (C=O) groups excluding carboxylic acids is 2. The molecule has 0 spiro atoms. The maximum absolute atomic E-state index is 12.1. The van der Waals surface area contributed by atoms with Gasteiger partial charge in [0, 0.05) is 29.8 Å². The van der Waals surface area contributed by atoms with E-state index in [1.165, 1.54) is 6.07 Å². The van der Waals surface area contributed by atoms with Gasteiger partial charge in [0.1, 0.15) is 5.58 Å². The van der Waals surface area contributed by atoms with Crippen LogP contribution in [0.2, 0.25) is 0 Å². The summed E-state index contributed by atoms with van der Waals surface area (Å²) in [6, 6.07) is 5.15. The zero-order valence-corrected chi connectivity index (χ0v) is 15.4. The summed E-state index contributed by atoms with van der Waals surface area (Å²) < 4.78 is 5.14. The molecule has 2 aromatic rings. The Morgan fingerprint density at radius 3 is 2.68 bits per heavy atom. The molecule has 1 atom stereocenters. The first-order valence-electron chi connectivity index (χ1n) is 7.51. The maximum Gasteiger partial charge on any atom is 0.336 e. The molecule has 1 heterocycles. The fourth-order valence-corrected chi connectivity index (χ4v) is 2.30. The molecule has 0 aliphatic rings. The molecule has 0 unspecified atom stereocenters. The number of halogens is 1. The highest BCUT2D eigenvalue weighted by molar-refractivity contribution is 8.93. The van der Waals surface area contributed by atoms with Crippen LogP contribution in [0.3, 0.4) is 0 Å². The van der Waals surface area contributed by atoms with Gasteiger partial charge in [-0.2, -0.15) is 0 Å². The Hall–Kier alpha value is -2.39. The molecule has 2 rings (SSSR count). The monoisotopic (exact) mass is 412 g/mol. The zero-order valence-electron chi connectivity index (χ0n) is 13.7. The van der Waals surface area contributed by atoms with Gasteiger partial charge in [-0.05, 0) is 37.5 Å². The third-order valence-electron chi connectivity index (χ3n) is 3.55. The van der Waals surface area contributed by atoms with Crippen molar-refractivity contribution in [3.05, 3.63) is 40.2 Å². The summed E-state index contributed by atoms with van der Waals surface area (Å²) in [5.74, 6) is -0.358. The van der Waals surface area contributed by atoms with E-state index >= 15 is 0 Å². The minimum atomic E-state index is -0.722. The van der Waals surface area contributed by atoms with Crippen LogP contribution in [-0.2, 0) is 4.79 Å². The van der Waals surface area contributed by atoms with Gasteiger partial charge in [-0.3, -0.25) is 4.79 Å². The lowest BCUT2D eigenvalue weighted by Crippen LogP contribution is -2.37. The second-order valence-electron chi connectivity index (χ2n) is 5.49. The van der Waals surface area contributed by atoms with E-state index in [2.05, 4.69) is 10.6 Å². The van der Waals surface area contributed by atoms with Crippen LogP contribution in [0.1, 0.15) is 18.4 Å². The van der Waals surface area contributed by atoms with Gasteiger partial charge in [0.25, 0.3) is 0 Å². The number of hydrogen-bond donors (Lipinski definition) is 4. The smallest absolute Gasteiger partial charge is 0.336 e. The highest BCUT2D eigenvalue weighted by Gasteiger charge is 2.14. The molecule has 0 saturated heterocycles. The molecule has 25 heavy (non-hydrogen) atoms. The van der Waals surface area contributed by atoms with Crippen molar-refractivity contribution >= 4 is 45.6 Å². The van der Waals surface area contributed by atoms with Gasteiger partial charge < -0.3 is 26.5 Å². The van der Waals surface area contributed by atoms with Crippen molar-refractivity contribution in [2.75, 3.05) is 11.9 Å². The minimum Gasteiger partial charge on any atom is -0.423 e. The summed E-state index contributed by atoms with van der Waals surface area (Å²) in [6.45, 7) is 2.17. The number of urea groups is 1. The summed E-state index contributed by atoms with van der Waals surface area (Å²) >= 11 is 0. The van der Waals surface area contributed by atoms with E-state index in [-0.39, 0.29) is 22.9 Å². The van der Waals surface area contributed by atoms with Gasteiger partial charge in [0.2, 0.25) is 5.91 Å². The second kappa shape index (κ2) is 9.19. The highest BCUT2D eigenvalue weighted by Crippen LogP contribution is 2.20. The predicted molar refractivity (Wildman–Crippen MR) is 101 cm³/mol. The number of benzene rings is 1. The average Bonchev–Trinajstić information content (AvgIpc) is 2.50. The molecular weight excluding hydrogens is 392 g/mol.